The number of piperidine rings is 1. The molecule has 0 spiro atoms. The lowest BCUT2D eigenvalue weighted by Gasteiger charge is -2.34. The number of hydrogen-bond donors (Lipinski definition) is 2. The van der Waals surface area contributed by atoms with Crippen LogP contribution in [0.15, 0.2) is 0 Å². The third-order valence-corrected chi connectivity index (χ3v) is 7.49. The van der Waals surface area contributed by atoms with Gasteiger partial charge in [-0.25, -0.2) is 4.72 Å². The van der Waals surface area contributed by atoms with Crippen molar-refractivity contribution in [2.24, 2.45) is 5.92 Å². The number of aliphatic hydroxyl groups excluding tert-OH is 1. The molecule has 0 radical (unpaired) electrons. The first-order valence-electron chi connectivity index (χ1n) is 7.33. The first kappa shape index (κ1) is 18.2. The van der Waals surface area contributed by atoms with E-state index in [9.17, 15) is 13.5 Å². The van der Waals surface area contributed by atoms with E-state index in [0.717, 1.165) is 25.7 Å². The Balaban J connectivity index is 2.65. The van der Waals surface area contributed by atoms with Crippen LogP contribution in [0.4, 0.5) is 0 Å². The standard InChI is InChI=1S/C13H28N2O3S2/c1-4-13(5-2,19-3)11-14-20(17,18)15-8-6-7-12(9-15)10-16/h12,14,16H,4-11H2,1-3H3. The Morgan fingerprint density at radius 1 is 1.40 bits per heavy atom. The lowest BCUT2D eigenvalue weighted by Crippen LogP contribution is -2.49. The van der Waals surface area contributed by atoms with Crippen molar-refractivity contribution in [2.75, 3.05) is 32.5 Å². The lowest BCUT2D eigenvalue weighted by atomic mass is 10.0. The molecule has 0 aromatic heterocycles. The number of nitrogens with one attached hydrogen (secondary N) is 1. The van der Waals surface area contributed by atoms with Gasteiger partial charge in [0.1, 0.15) is 0 Å². The van der Waals surface area contributed by atoms with E-state index in [-0.39, 0.29) is 17.3 Å². The molecule has 1 aliphatic rings. The summed E-state index contributed by atoms with van der Waals surface area (Å²) in [7, 11) is -3.43. The van der Waals surface area contributed by atoms with Gasteiger partial charge in [-0.2, -0.15) is 24.5 Å². The van der Waals surface area contributed by atoms with Gasteiger partial charge in [0.2, 0.25) is 0 Å². The number of nitrogens with zero attached hydrogens (tertiary/aromatic N) is 1. The van der Waals surface area contributed by atoms with Gasteiger partial charge in [0.25, 0.3) is 10.2 Å². The summed E-state index contributed by atoms with van der Waals surface area (Å²) in [5.74, 6) is 0.0722. The first-order chi connectivity index (χ1) is 9.43. The molecule has 0 bridgehead atoms. The maximum absolute atomic E-state index is 12.4. The van der Waals surface area contributed by atoms with Crippen molar-refractivity contribution >= 4 is 22.0 Å². The maximum Gasteiger partial charge on any atom is 0.279 e. The van der Waals surface area contributed by atoms with Crippen molar-refractivity contribution in [3.8, 4) is 0 Å². The summed E-state index contributed by atoms with van der Waals surface area (Å²) >= 11 is 1.72. The van der Waals surface area contributed by atoms with Gasteiger partial charge < -0.3 is 5.11 Å². The number of rotatable bonds is 8. The number of hydrogen-bond acceptors (Lipinski definition) is 4. The molecule has 0 aromatic carbocycles. The molecule has 1 rings (SSSR count). The highest BCUT2D eigenvalue weighted by molar-refractivity contribution is 8.00. The van der Waals surface area contributed by atoms with Crippen LogP contribution in [0, 0.1) is 5.92 Å². The van der Waals surface area contributed by atoms with Crippen molar-refractivity contribution in [1.82, 2.24) is 9.03 Å². The van der Waals surface area contributed by atoms with Gasteiger partial charge in [-0.05, 0) is 37.9 Å². The second-order valence-electron chi connectivity index (χ2n) is 5.47. The van der Waals surface area contributed by atoms with E-state index in [0.29, 0.717) is 19.6 Å². The molecule has 1 saturated heterocycles. The lowest BCUT2D eigenvalue weighted by molar-refractivity contribution is 0.164. The van der Waals surface area contributed by atoms with E-state index in [2.05, 4.69) is 18.6 Å². The average molecular weight is 325 g/mol. The largest absolute Gasteiger partial charge is 0.396 e. The molecule has 1 unspecified atom stereocenters. The van der Waals surface area contributed by atoms with Gasteiger partial charge in [0.15, 0.2) is 0 Å². The van der Waals surface area contributed by atoms with Crippen LogP contribution in [0.2, 0.25) is 0 Å². The minimum atomic E-state index is -3.43. The van der Waals surface area contributed by atoms with Crippen LogP contribution < -0.4 is 4.72 Å². The predicted molar refractivity (Wildman–Crippen MR) is 85.1 cm³/mol. The summed E-state index contributed by atoms with van der Waals surface area (Å²) in [6.45, 7) is 5.69. The van der Waals surface area contributed by atoms with Crippen molar-refractivity contribution in [1.29, 1.82) is 0 Å². The molecule has 0 aliphatic carbocycles. The molecule has 0 amide bonds. The van der Waals surface area contributed by atoms with Crippen LogP contribution in [0.5, 0.6) is 0 Å². The predicted octanol–water partition coefficient (Wildman–Crippen LogP) is 1.45. The van der Waals surface area contributed by atoms with Crippen LogP contribution in [0.3, 0.4) is 0 Å². The molecule has 20 heavy (non-hydrogen) atoms. The van der Waals surface area contributed by atoms with Crippen molar-refractivity contribution in [2.45, 2.75) is 44.3 Å². The average Bonchev–Trinajstić information content (AvgIpc) is 2.49. The quantitative estimate of drug-likeness (QED) is 0.709. The zero-order valence-electron chi connectivity index (χ0n) is 12.8. The van der Waals surface area contributed by atoms with Crippen LogP contribution >= 0.6 is 11.8 Å². The minimum absolute atomic E-state index is 0.0285. The Morgan fingerprint density at radius 2 is 2.05 bits per heavy atom. The third kappa shape index (κ3) is 4.59. The highest BCUT2D eigenvalue weighted by Gasteiger charge is 2.32. The maximum atomic E-state index is 12.4. The summed E-state index contributed by atoms with van der Waals surface area (Å²) in [5, 5.41) is 9.20. The van der Waals surface area contributed by atoms with Gasteiger partial charge in [-0.15, -0.1) is 0 Å². The number of aliphatic hydroxyl groups is 1. The van der Waals surface area contributed by atoms with Gasteiger partial charge in [0.05, 0.1) is 0 Å². The fraction of sp³-hybridized carbons (Fsp3) is 1.00. The van der Waals surface area contributed by atoms with E-state index in [4.69, 9.17) is 0 Å². The highest BCUT2D eigenvalue weighted by atomic mass is 32.2. The highest BCUT2D eigenvalue weighted by Crippen LogP contribution is 2.30. The molecule has 5 nitrogen and oxygen atoms in total. The Bertz CT molecular complexity index is 375. The van der Waals surface area contributed by atoms with Crippen LogP contribution in [0.1, 0.15) is 39.5 Å². The summed E-state index contributed by atoms with van der Waals surface area (Å²) < 4.78 is 28.9. The van der Waals surface area contributed by atoms with E-state index in [1.54, 1.807) is 11.8 Å². The second-order valence-corrected chi connectivity index (χ2v) is 8.50. The minimum Gasteiger partial charge on any atom is -0.396 e. The Kier molecular flexibility index (Phi) is 7.28. The smallest absolute Gasteiger partial charge is 0.279 e. The van der Waals surface area contributed by atoms with Gasteiger partial charge >= 0.3 is 0 Å². The third-order valence-electron chi connectivity index (χ3n) is 4.38. The monoisotopic (exact) mass is 324 g/mol. The fourth-order valence-electron chi connectivity index (χ4n) is 2.57. The molecule has 7 heteroatoms. The summed E-state index contributed by atoms with van der Waals surface area (Å²) in [6, 6.07) is 0. The fourth-order valence-corrected chi connectivity index (χ4v) is 4.87. The van der Waals surface area contributed by atoms with E-state index in [1.807, 2.05) is 6.26 Å². The van der Waals surface area contributed by atoms with Crippen LogP contribution in [-0.4, -0.2) is 55.1 Å². The molecule has 1 atom stereocenters. The Labute approximate surface area is 127 Å². The molecule has 2 N–H and O–H groups in total. The molecule has 1 aliphatic heterocycles. The van der Waals surface area contributed by atoms with Crippen LogP contribution in [0.25, 0.3) is 0 Å². The molecule has 1 heterocycles. The van der Waals surface area contributed by atoms with Gasteiger partial charge in [-0.1, -0.05) is 13.8 Å². The normalized spacial score (nSPS) is 22.1. The van der Waals surface area contributed by atoms with Crippen molar-refractivity contribution < 1.29 is 13.5 Å². The van der Waals surface area contributed by atoms with Gasteiger partial charge in [-0.3, -0.25) is 0 Å². The number of thioether (sulfide) groups is 1. The van der Waals surface area contributed by atoms with Crippen molar-refractivity contribution in [3.63, 3.8) is 0 Å². The molecule has 120 valence electrons. The van der Waals surface area contributed by atoms with E-state index in [1.165, 1.54) is 4.31 Å². The molecular weight excluding hydrogens is 296 g/mol. The second kappa shape index (κ2) is 7.98. The zero-order chi connectivity index (χ0) is 15.2. The summed E-state index contributed by atoms with van der Waals surface area (Å²) in [6.07, 6.45) is 5.63. The topological polar surface area (TPSA) is 69.6 Å². The Morgan fingerprint density at radius 3 is 2.55 bits per heavy atom. The first-order valence-corrected chi connectivity index (χ1v) is 10.00. The van der Waals surface area contributed by atoms with E-state index < -0.39 is 10.2 Å². The molecule has 0 aromatic rings. The van der Waals surface area contributed by atoms with Crippen molar-refractivity contribution in [3.05, 3.63) is 0 Å². The SMILES string of the molecule is CCC(CC)(CNS(=O)(=O)N1CCCC(CO)C1)SC. The summed E-state index contributed by atoms with van der Waals surface area (Å²) in [5.41, 5.74) is 0. The Hall–Kier alpha value is 0.180. The molecule has 0 saturated carbocycles. The van der Waals surface area contributed by atoms with Gasteiger partial charge in [0, 0.05) is 31.0 Å². The van der Waals surface area contributed by atoms with E-state index >= 15 is 0 Å². The molecule has 1 fully saturated rings. The molecular formula is C13H28N2O3S2. The summed E-state index contributed by atoms with van der Waals surface area (Å²) in [4.78, 5) is 0. The van der Waals surface area contributed by atoms with Crippen LogP contribution in [-0.2, 0) is 10.2 Å². The zero-order valence-corrected chi connectivity index (χ0v) is 14.4.